The van der Waals surface area contributed by atoms with Gasteiger partial charge in [0.25, 0.3) is 0 Å². The molecular weight excluding hydrogens is 212 g/mol. The highest BCUT2D eigenvalue weighted by molar-refractivity contribution is 5.98. The summed E-state index contributed by atoms with van der Waals surface area (Å²) in [4.78, 5) is 11.3. The molecule has 1 aliphatic rings. The Hall–Kier alpha value is -1.57. The third-order valence-electron chi connectivity index (χ3n) is 2.94. The zero-order valence-electron chi connectivity index (χ0n) is 10.2. The molecule has 0 radical (unpaired) electrons. The van der Waals surface area contributed by atoms with E-state index in [9.17, 15) is 4.79 Å². The van der Waals surface area contributed by atoms with Crippen LogP contribution in [0.3, 0.4) is 0 Å². The van der Waals surface area contributed by atoms with Crippen LogP contribution in [0.4, 0.5) is 0 Å². The summed E-state index contributed by atoms with van der Waals surface area (Å²) in [6, 6.07) is 5.99. The molecule has 1 aromatic rings. The number of hydrogen-bond acceptors (Lipinski definition) is 2. The average Bonchev–Trinajstić information content (AvgIpc) is 2.34. The Morgan fingerprint density at radius 1 is 1.24 bits per heavy atom. The van der Waals surface area contributed by atoms with Crippen molar-refractivity contribution < 1.29 is 9.53 Å². The summed E-state index contributed by atoms with van der Waals surface area (Å²) >= 11 is 0. The number of rotatable bonds is 5. The van der Waals surface area contributed by atoms with E-state index in [2.05, 4.69) is 6.92 Å². The third-order valence-corrected chi connectivity index (χ3v) is 2.94. The van der Waals surface area contributed by atoms with Crippen molar-refractivity contribution in [2.45, 2.75) is 32.6 Å². The fourth-order valence-electron chi connectivity index (χ4n) is 1.96. The van der Waals surface area contributed by atoms with E-state index in [1.807, 2.05) is 24.3 Å². The van der Waals surface area contributed by atoms with Gasteiger partial charge in [-0.3, -0.25) is 4.79 Å². The second-order valence-corrected chi connectivity index (χ2v) is 4.39. The van der Waals surface area contributed by atoms with Gasteiger partial charge in [-0.15, -0.1) is 0 Å². The first-order valence-corrected chi connectivity index (χ1v) is 6.26. The lowest BCUT2D eigenvalue weighted by molar-refractivity contribution is -0.114. The fourth-order valence-corrected chi connectivity index (χ4v) is 1.96. The van der Waals surface area contributed by atoms with Gasteiger partial charge in [0, 0.05) is 6.42 Å². The van der Waals surface area contributed by atoms with Crippen LogP contribution in [0.1, 0.15) is 37.3 Å². The van der Waals surface area contributed by atoms with E-state index in [4.69, 9.17) is 4.74 Å². The van der Waals surface area contributed by atoms with E-state index in [1.165, 1.54) is 12.8 Å². The predicted molar refractivity (Wildman–Crippen MR) is 69.2 cm³/mol. The lowest BCUT2D eigenvalue weighted by Crippen LogP contribution is -2.06. The van der Waals surface area contributed by atoms with Crippen LogP contribution in [0.5, 0.6) is 5.75 Å². The molecular formula is C15H18O2. The number of hydrogen-bond donors (Lipinski definition) is 0. The number of ketones is 1. The maximum absolute atomic E-state index is 11.3. The standard InChI is InChI=1S/C15H18O2/c1-2-3-4-9-17-15-8-6-12-5-7-14(16)10-13(12)11-15/h5-8,11H,2-4,9-10H2,1H3. The molecule has 90 valence electrons. The number of allylic oxidation sites excluding steroid dienone is 1. The molecule has 0 spiro atoms. The molecule has 0 heterocycles. The molecule has 1 aromatic carbocycles. The maximum atomic E-state index is 11.3. The summed E-state index contributed by atoms with van der Waals surface area (Å²) in [6.45, 7) is 2.94. The van der Waals surface area contributed by atoms with Gasteiger partial charge in [-0.1, -0.05) is 31.9 Å². The minimum atomic E-state index is 0.167. The van der Waals surface area contributed by atoms with Crippen LogP contribution in [0.15, 0.2) is 24.3 Å². The monoisotopic (exact) mass is 230 g/mol. The first-order chi connectivity index (χ1) is 8.29. The van der Waals surface area contributed by atoms with Gasteiger partial charge in [0.05, 0.1) is 6.61 Å². The fraction of sp³-hybridized carbons (Fsp3) is 0.400. The van der Waals surface area contributed by atoms with Crippen molar-refractivity contribution in [2.24, 2.45) is 0 Å². The smallest absolute Gasteiger partial charge is 0.160 e. The second-order valence-electron chi connectivity index (χ2n) is 4.39. The number of carbonyl (C=O) groups excluding carboxylic acids is 1. The third kappa shape index (κ3) is 3.19. The Balaban J connectivity index is 1.99. The Bertz CT molecular complexity index is 433. The molecule has 0 aromatic heterocycles. The Morgan fingerprint density at radius 2 is 2.12 bits per heavy atom. The van der Waals surface area contributed by atoms with Crippen molar-refractivity contribution in [3.8, 4) is 5.75 Å². The summed E-state index contributed by atoms with van der Waals surface area (Å²) in [5.41, 5.74) is 2.20. The van der Waals surface area contributed by atoms with E-state index in [1.54, 1.807) is 6.08 Å². The SMILES string of the molecule is CCCCCOc1ccc2c(c1)CC(=O)C=C2. The number of carbonyl (C=O) groups is 1. The minimum absolute atomic E-state index is 0.167. The van der Waals surface area contributed by atoms with Gasteiger partial charge in [0.2, 0.25) is 0 Å². The first-order valence-electron chi connectivity index (χ1n) is 6.26. The molecule has 0 bridgehead atoms. The van der Waals surface area contributed by atoms with E-state index >= 15 is 0 Å². The normalized spacial score (nSPS) is 13.6. The van der Waals surface area contributed by atoms with Crippen LogP contribution in [0.25, 0.3) is 6.08 Å². The predicted octanol–water partition coefficient (Wildman–Crippen LogP) is 3.39. The van der Waals surface area contributed by atoms with Crippen LogP contribution in [0, 0.1) is 0 Å². The van der Waals surface area contributed by atoms with Gasteiger partial charge in [0.1, 0.15) is 5.75 Å². The maximum Gasteiger partial charge on any atom is 0.160 e. The molecule has 0 saturated heterocycles. The molecule has 0 unspecified atom stereocenters. The largest absolute Gasteiger partial charge is 0.494 e. The summed E-state index contributed by atoms with van der Waals surface area (Å²) in [6.07, 6.45) is 7.51. The summed E-state index contributed by atoms with van der Waals surface area (Å²) in [7, 11) is 0. The number of ether oxygens (including phenoxy) is 1. The van der Waals surface area contributed by atoms with E-state index in [0.29, 0.717) is 6.42 Å². The van der Waals surface area contributed by atoms with Crippen LogP contribution in [0.2, 0.25) is 0 Å². The van der Waals surface area contributed by atoms with Crippen LogP contribution in [-0.2, 0) is 11.2 Å². The van der Waals surface area contributed by atoms with E-state index in [0.717, 1.165) is 29.9 Å². The van der Waals surface area contributed by atoms with Crippen LogP contribution < -0.4 is 4.74 Å². The van der Waals surface area contributed by atoms with Crippen molar-refractivity contribution in [3.63, 3.8) is 0 Å². The molecule has 1 aliphatic carbocycles. The quantitative estimate of drug-likeness (QED) is 0.725. The Labute approximate surface area is 102 Å². The lowest BCUT2D eigenvalue weighted by Gasteiger charge is -2.12. The Morgan fingerprint density at radius 3 is 2.94 bits per heavy atom. The summed E-state index contributed by atoms with van der Waals surface area (Å²) in [5.74, 6) is 1.04. The van der Waals surface area contributed by atoms with Crippen molar-refractivity contribution in [1.82, 2.24) is 0 Å². The topological polar surface area (TPSA) is 26.3 Å². The molecule has 2 nitrogen and oxygen atoms in total. The number of benzene rings is 1. The van der Waals surface area contributed by atoms with Crippen LogP contribution in [-0.4, -0.2) is 12.4 Å². The molecule has 0 saturated carbocycles. The lowest BCUT2D eigenvalue weighted by atomic mass is 9.96. The Kier molecular flexibility index (Phi) is 3.97. The number of unbranched alkanes of at least 4 members (excludes halogenated alkanes) is 2. The van der Waals surface area contributed by atoms with E-state index < -0.39 is 0 Å². The van der Waals surface area contributed by atoms with Gasteiger partial charge in [0.15, 0.2) is 5.78 Å². The molecule has 17 heavy (non-hydrogen) atoms. The molecule has 0 fully saturated rings. The summed E-state index contributed by atoms with van der Waals surface area (Å²) in [5, 5.41) is 0. The first kappa shape index (κ1) is 11.9. The van der Waals surface area contributed by atoms with Crippen LogP contribution >= 0.6 is 0 Å². The highest BCUT2D eigenvalue weighted by Crippen LogP contribution is 2.23. The molecule has 0 N–H and O–H groups in total. The highest BCUT2D eigenvalue weighted by atomic mass is 16.5. The van der Waals surface area contributed by atoms with Gasteiger partial charge < -0.3 is 4.74 Å². The van der Waals surface area contributed by atoms with Crippen molar-refractivity contribution in [2.75, 3.05) is 6.61 Å². The van der Waals surface area contributed by atoms with Crippen molar-refractivity contribution >= 4 is 11.9 Å². The van der Waals surface area contributed by atoms with E-state index in [-0.39, 0.29) is 5.78 Å². The van der Waals surface area contributed by atoms with Gasteiger partial charge >= 0.3 is 0 Å². The summed E-state index contributed by atoms with van der Waals surface area (Å²) < 4.78 is 5.67. The minimum Gasteiger partial charge on any atom is -0.494 e. The molecule has 0 atom stereocenters. The second kappa shape index (κ2) is 5.67. The highest BCUT2D eigenvalue weighted by Gasteiger charge is 2.10. The zero-order chi connectivity index (χ0) is 12.1. The van der Waals surface area contributed by atoms with Gasteiger partial charge in [-0.05, 0) is 35.8 Å². The molecule has 2 rings (SSSR count). The number of fused-ring (bicyclic) bond motifs is 1. The zero-order valence-corrected chi connectivity index (χ0v) is 10.2. The average molecular weight is 230 g/mol. The van der Waals surface area contributed by atoms with Gasteiger partial charge in [-0.2, -0.15) is 0 Å². The van der Waals surface area contributed by atoms with Crippen molar-refractivity contribution in [1.29, 1.82) is 0 Å². The van der Waals surface area contributed by atoms with Gasteiger partial charge in [-0.25, -0.2) is 0 Å². The molecule has 0 aliphatic heterocycles. The molecule has 0 amide bonds. The van der Waals surface area contributed by atoms with Crippen molar-refractivity contribution in [3.05, 3.63) is 35.4 Å². The molecule has 2 heteroatoms.